The van der Waals surface area contributed by atoms with Gasteiger partial charge in [0.15, 0.2) is 15.8 Å². The molecule has 0 aromatic rings. The third kappa shape index (κ3) is 7.58. The van der Waals surface area contributed by atoms with Crippen LogP contribution in [-0.2, 0) is 9.84 Å². The predicted octanol–water partition coefficient (Wildman–Crippen LogP) is 1.86. The molecule has 2 N–H and O–H groups in total. The van der Waals surface area contributed by atoms with Crippen molar-refractivity contribution in [1.82, 2.24) is 15.5 Å². The van der Waals surface area contributed by atoms with Gasteiger partial charge in [0.25, 0.3) is 0 Å². The number of sulfone groups is 1. The van der Waals surface area contributed by atoms with Crippen LogP contribution >= 0.6 is 24.0 Å². The smallest absolute Gasteiger partial charge is 0.191 e. The fourth-order valence-electron chi connectivity index (χ4n) is 3.49. The summed E-state index contributed by atoms with van der Waals surface area (Å²) in [6, 6.07) is 0. The largest absolute Gasteiger partial charge is 0.357 e. The second kappa shape index (κ2) is 10.3. The molecule has 1 atom stereocenters. The van der Waals surface area contributed by atoms with Crippen LogP contribution in [0.15, 0.2) is 4.99 Å². The van der Waals surface area contributed by atoms with Crippen molar-refractivity contribution in [2.45, 2.75) is 52.0 Å². The Kier molecular flexibility index (Phi) is 9.45. The van der Waals surface area contributed by atoms with Crippen molar-refractivity contribution in [3.8, 4) is 0 Å². The summed E-state index contributed by atoms with van der Waals surface area (Å²) in [5, 5.41) is 6.61. The van der Waals surface area contributed by atoms with Crippen molar-refractivity contribution >= 4 is 39.8 Å². The molecule has 0 radical (unpaired) electrons. The highest BCUT2D eigenvalue weighted by Crippen LogP contribution is 2.21. The van der Waals surface area contributed by atoms with E-state index in [2.05, 4.69) is 29.4 Å². The maximum Gasteiger partial charge on any atom is 0.191 e. The number of aliphatic imine (C=N–C) groups is 1. The van der Waals surface area contributed by atoms with E-state index < -0.39 is 9.84 Å². The molecular formula is C17H35IN4O2S. The summed E-state index contributed by atoms with van der Waals surface area (Å²) in [5.74, 6) is 1.63. The lowest BCUT2D eigenvalue weighted by molar-refractivity contribution is 0.102. The number of hydrogen-bond donors (Lipinski definition) is 2. The molecular weight excluding hydrogens is 451 g/mol. The molecule has 2 rings (SSSR count). The number of likely N-dealkylation sites (tertiary alicyclic amines) is 1. The molecule has 0 saturated carbocycles. The van der Waals surface area contributed by atoms with Crippen LogP contribution in [0.25, 0.3) is 0 Å². The van der Waals surface area contributed by atoms with Gasteiger partial charge in [-0.1, -0.05) is 6.42 Å². The molecule has 148 valence electrons. The first-order valence-electron chi connectivity index (χ1n) is 9.30. The number of guanidine groups is 1. The van der Waals surface area contributed by atoms with Crippen LogP contribution in [0.5, 0.6) is 0 Å². The topological polar surface area (TPSA) is 73.8 Å². The first-order chi connectivity index (χ1) is 11.3. The quantitative estimate of drug-likeness (QED) is 0.341. The Morgan fingerprint density at radius 2 is 1.88 bits per heavy atom. The number of nitrogens with zero attached hydrogens (tertiary/aromatic N) is 2. The van der Waals surface area contributed by atoms with Gasteiger partial charge < -0.3 is 10.6 Å². The molecule has 2 aliphatic rings. The van der Waals surface area contributed by atoms with E-state index in [-0.39, 0.29) is 35.4 Å². The Morgan fingerprint density at radius 3 is 2.44 bits per heavy atom. The van der Waals surface area contributed by atoms with Crippen LogP contribution in [0.1, 0.15) is 46.5 Å². The molecule has 0 amide bonds. The molecule has 0 bridgehead atoms. The first kappa shape index (κ1) is 23.0. The van der Waals surface area contributed by atoms with Gasteiger partial charge >= 0.3 is 0 Å². The Hall–Kier alpha value is -0.0900. The van der Waals surface area contributed by atoms with Gasteiger partial charge in [-0.2, -0.15) is 0 Å². The van der Waals surface area contributed by atoms with Crippen molar-refractivity contribution in [3.63, 3.8) is 0 Å². The van der Waals surface area contributed by atoms with E-state index in [1.54, 1.807) is 0 Å². The zero-order chi connectivity index (χ0) is 17.6. The lowest BCUT2D eigenvalue weighted by atomic mass is 9.99. The van der Waals surface area contributed by atoms with Crippen LogP contribution in [0.4, 0.5) is 0 Å². The Balaban J connectivity index is 0.00000312. The van der Waals surface area contributed by atoms with Gasteiger partial charge in [0, 0.05) is 18.6 Å². The lowest BCUT2D eigenvalue weighted by Gasteiger charge is -2.40. The number of piperidine rings is 1. The molecule has 0 spiro atoms. The van der Waals surface area contributed by atoms with Gasteiger partial charge in [-0.3, -0.25) is 9.89 Å². The van der Waals surface area contributed by atoms with E-state index >= 15 is 0 Å². The maximum atomic E-state index is 11.6. The monoisotopic (exact) mass is 486 g/mol. The number of nitrogens with one attached hydrogen (secondary N) is 2. The molecule has 8 heteroatoms. The predicted molar refractivity (Wildman–Crippen MR) is 116 cm³/mol. The first-order valence-corrected chi connectivity index (χ1v) is 11.1. The van der Waals surface area contributed by atoms with E-state index in [0.29, 0.717) is 18.1 Å². The summed E-state index contributed by atoms with van der Waals surface area (Å²) in [7, 11) is -2.81. The van der Waals surface area contributed by atoms with Gasteiger partial charge in [-0.05, 0) is 59.0 Å². The highest BCUT2D eigenvalue weighted by molar-refractivity contribution is 14.0. The summed E-state index contributed by atoms with van der Waals surface area (Å²) in [6.45, 7) is 11.1. The Bertz CT molecular complexity index is 531. The van der Waals surface area contributed by atoms with E-state index in [4.69, 9.17) is 4.99 Å². The summed E-state index contributed by atoms with van der Waals surface area (Å²) in [5.41, 5.74) is 0.0550. The van der Waals surface area contributed by atoms with E-state index in [0.717, 1.165) is 38.6 Å². The Labute approximate surface area is 170 Å². The van der Waals surface area contributed by atoms with Crippen LogP contribution in [-0.4, -0.2) is 69.0 Å². The van der Waals surface area contributed by atoms with Gasteiger partial charge in [-0.25, -0.2) is 8.42 Å². The van der Waals surface area contributed by atoms with Crippen LogP contribution in [0.2, 0.25) is 0 Å². The molecule has 2 saturated heterocycles. The second-order valence-electron chi connectivity index (χ2n) is 7.71. The molecule has 1 unspecified atom stereocenters. The molecule has 2 aliphatic heterocycles. The van der Waals surface area contributed by atoms with Gasteiger partial charge in [-0.15, -0.1) is 24.0 Å². The van der Waals surface area contributed by atoms with Crippen molar-refractivity contribution in [3.05, 3.63) is 0 Å². The number of rotatable bonds is 6. The molecule has 0 aliphatic carbocycles. The average molecular weight is 486 g/mol. The molecule has 25 heavy (non-hydrogen) atoms. The maximum absolute atomic E-state index is 11.6. The zero-order valence-electron chi connectivity index (χ0n) is 15.9. The molecule has 0 aromatic heterocycles. The normalized spacial score (nSPS) is 24.6. The molecule has 2 fully saturated rings. The summed E-state index contributed by atoms with van der Waals surface area (Å²) < 4.78 is 23.1. The summed E-state index contributed by atoms with van der Waals surface area (Å²) >= 11 is 0. The number of hydrogen-bond acceptors (Lipinski definition) is 4. The third-order valence-corrected chi connectivity index (χ3v) is 6.90. The molecule has 6 nitrogen and oxygen atoms in total. The van der Waals surface area contributed by atoms with Gasteiger partial charge in [0.05, 0.1) is 18.1 Å². The lowest BCUT2D eigenvalue weighted by Crippen LogP contribution is -2.49. The van der Waals surface area contributed by atoms with Crippen LogP contribution < -0.4 is 10.6 Å². The van der Waals surface area contributed by atoms with Crippen LogP contribution in [0.3, 0.4) is 0 Å². The second-order valence-corrected chi connectivity index (χ2v) is 9.93. The highest BCUT2D eigenvalue weighted by atomic mass is 127. The van der Waals surface area contributed by atoms with Crippen molar-refractivity contribution in [1.29, 1.82) is 0 Å². The van der Waals surface area contributed by atoms with Crippen molar-refractivity contribution < 1.29 is 8.42 Å². The summed E-state index contributed by atoms with van der Waals surface area (Å²) in [6.07, 6.45) is 4.65. The molecule has 2 heterocycles. The van der Waals surface area contributed by atoms with Gasteiger partial charge in [0.2, 0.25) is 0 Å². The van der Waals surface area contributed by atoms with Crippen molar-refractivity contribution in [2.24, 2.45) is 10.9 Å². The van der Waals surface area contributed by atoms with Crippen molar-refractivity contribution in [2.75, 3.05) is 44.2 Å². The van der Waals surface area contributed by atoms with E-state index in [9.17, 15) is 8.42 Å². The third-order valence-electron chi connectivity index (χ3n) is 5.07. The van der Waals surface area contributed by atoms with Gasteiger partial charge in [0.1, 0.15) is 0 Å². The number of halogens is 1. The fourth-order valence-corrected chi connectivity index (χ4v) is 5.35. The highest BCUT2D eigenvalue weighted by Gasteiger charge is 2.29. The standard InChI is InChI=1S/C17H34N4O2S.HI/c1-4-18-16(19-12-15-8-11-24(22,23)13-15)20-14-17(2,3)21-9-6-5-7-10-21;/h15H,4-14H2,1-3H3,(H2,18,19,20);1H. The summed E-state index contributed by atoms with van der Waals surface area (Å²) in [4.78, 5) is 7.30. The fraction of sp³-hybridized carbons (Fsp3) is 0.941. The van der Waals surface area contributed by atoms with E-state index in [1.165, 1.54) is 19.3 Å². The van der Waals surface area contributed by atoms with Crippen LogP contribution in [0, 0.1) is 5.92 Å². The minimum Gasteiger partial charge on any atom is -0.357 e. The minimum absolute atomic E-state index is 0. The minimum atomic E-state index is -2.81. The Morgan fingerprint density at radius 1 is 1.20 bits per heavy atom. The SMILES string of the molecule is CCNC(=NCC(C)(C)N1CCCCC1)NCC1CCS(=O)(=O)C1.I. The van der Waals surface area contributed by atoms with E-state index in [1.807, 2.05) is 6.92 Å². The zero-order valence-corrected chi connectivity index (χ0v) is 19.0. The molecule has 0 aromatic carbocycles. The average Bonchev–Trinajstić information content (AvgIpc) is 2.90.